The zero-order chi connectivity index (χ0) is 24.8. The molecule has 1 aromatic carbocycles. The van der Waals surface area contributed by atoms with Crippen molar-refractivity contribution in [3.8, 4) is 0 Å². The first-order chi connectivity index (χ1) is 15.3. The lowest BCUT2D eigenvalue weighted by atomic mass is 9.85. The van der Waals surface area contributed by atoms with Gasteiger partial charge in [0, 0.05) is 13.0 Å². The Morgan fingerprint density at radius 2 is 1.70 bits per heavy atom. The third-order valence-electron chi connectivity index (χ3n) is 5.20. The molecule has 1 aliphatic rings. The van der Waals surface area contributed by atoms with Crippen molar-refractivity contribution in [2.24, 2.45) is 5.41 Å². The molecule has 2 rings (SSSR count). The molecule has 0 aliphatic carbocycles. The lowest BCUT2D eigenvalue weighted by Gasteiger charge is -2.35. The fraction of sp³-hybridized carbons (Fsp3) is 0.600. The average molecular weight is 461 g/mol. The molecule has 1 aliphatic heterocycles. The number of esters is 1. The van der Waals surface area contributed by atoms with Crippen molar-refractivity contribution in [1.82, 2.24) is 10.2 Å². The molecule has 0 spiro atoms. The summed E-state index contributed by atoms with van der Waals surface area (Å²) in [5.74, 6) is -1.19. The molecule has 33 heavy (non-hydrogen) atoms. The summed E-state index contributed by atoms with van der Waals surface area (Å²) >= 11 is 0. The molecule has 0 radical (unpaired) electrons. The zero-order valence-corrected chi connectivity index (χ0v) is 20.5. The van der Waals surface area contributed by atoms with Gasteiger partial charge in [0.25, 0.3) is 0 Å². The Kier molecular flexibility index (Phi) is 8.63. The Labute approximate surface area is 196 Å². The normalized spacial score (nSPS) is 17.3. The minimum Gasteiger partial charge on any atom is -0.456 e. The molecule has 0 saturated carbocycles. The highest BCUT2D eigenvalue weighted by Crippen LogP contribution is 2.26. The van der Waals surface area contributed by atoms with Crippen LogP contribution in [0.2, 0.25) is 0 Å². The van der Waals surface area contributed by atoms with Crippen LogP contribution in [0.5, 0.6) is 0 Å². The number of likely N-dealkylation sites (tertiary alicyclic amines) is 1. The van der Waals surface area contributed by atoms with Crippen molar-refractivity contribution in [2.75, 3.05) is 13.2 Å². The van der Waals surface area contributed by atoms with Crippen LogP contribution in [-0.4, -0.2) is 59.5 Å². The van der Waals surface area contributed by atoms with E-state index in [0.717, 1.165) is 5.56 Å². The van der Waals surface area contributed by atoms with Crippen molar-refractivity contribution < 1.29 is 28.7 Å². The molecular formula is C25H36N2O6. The summed E-state index contributed by atoms with van der Waals surface area (Å²) in [5.41, 5.74) is -0.476. The second-order valence-electron chi connectivity index (χ2n) is 10.4. The molecule has 2 unspecified atom stereocenters. The Balaban J connectivity index is 2.01. The average Bonchev–Trinajstić information content (AvgIpc) is 3.18. The molecule has 2 atom stereocenters. The number of ketones is 1. The maximum Gasteiger partial charge on any atom is 0.408 e. The van der Waals surface area contributed by atoms with Crippen molar-refractivity contribution in [1.29, 1.82) is 0 Å². The van der Waals surface area contributed by atoms with Crippen LogP contribution >= 0.6 is 0 Å². The van der Waals surface area contributed by atoms with Gasteiger partial charge >= 0.3 is 12.1 Å². The van der Waals surface area contributed by atoms with Crippen LogP contribution in [0.1, 0.15) is 59.9 Å². The Bertz CT molecular complexity index is 854. The molecule has 1 fully saturated rings. The molecule has 1 saturated heterocycles. The van der Waals surface area contributed by atoms with E-state index in [1.165, 1.54) is 4.90 Å². The predicted octanol–water partition coefficient (Wildman–Crippen LogP) is 3.27. The molecule has 1 heterocycles. The highest BCUT2D eigenvalue weighted by molar-refractivity contribution is 5.91. The second kappa shape index (κ2) is 10.8. The second-order valence-corrected chi connectivity index (χ2v) is 10.4. The number of ether oxygens (including phenoxy) is 2. The van der Waals surface area contributed by atoms with Gasteiger partial charge in [0.15, 0.2) is 5.78 Å². The molecule has 8 heteroatoms. The molecular weight excluding hydrogens is 424 g/mol. The minimum atomic E-state index is -0.888. The SMILES string of the molecule is CC(C)(C)OC(=O)NC(C(=O)N1CCCC1C(=O)OCC(=O)Cc1ccccc1)C(C)(C)C. The van der Waals surface area contributed by atoms with E-state index in [9.17, 15) is 19.2 Å². The van der Waals surface area contributed by atoms with Crippen LogP contribution in [0.15, 0.2) is 30.3 Å². The maximum absolute atomic E-state index is 13.4. The van der Waals surface area contributed by atoms with Crippen molar-refractivity contribution >= 4 is 23.8 Å². The minimum absolute atomic E-state index is 0.174. The van der Waals surface area contributed by atoms with E-state index in [2.05, 4.69) is 5.32 Å². The molecule has 0 aromatic heterocycles. The summed E-state index contributed by atoms with van der Waals surface area (Å²) in [4.78, 5) is 52.1. The molecule has 8 nitrogen and oxygen atoms in total. The fourth-order valence-corrected chi connectivity index (χ4v) is 3.64. The van der Waals surface area contributed by atoms with Crippen LogP contribution in [0.25, 0.3) is 0 Å². The van der Waals surface area contributed by atoms with Crippen LogP contribution in [0.4, 0.5) is 4.79 Å². The number of Topliss-reactive ketones (excluding diaryl/α,β-unsaturated/α-hetero) is 1. The first-order valence-corrected chi connectivity index (χ1v) is 11.3. The van der Waals surface area contributed by atoms with E-state index in [1.807, 2.05) is 51.1 Å². The number of nitrogens with one attached hydrogen (secondary N) is 1. The van der Waals surface area contributed by atoms with Gasteiger partial charge in [0.05, 0.1) is 0 Å². The predicted molar refractivity (Wildman–Crippen MR) is 123 cm³/mol. The van der Waals surface area contributed by atoms with Crippen molar-refractivity contribution in [2.45, 2.75) is 78.5 Å². The summed E-state index contributed by atoms with van der Waals surface area (Å²) in [6, 6.07) is 7.54. The van der Waals surface area contributed by atoms with Gasteiger partial charge in [0.2, 0.25) is 5.91 Å². The number of carbonyl (C=O) groups is 4. The van der Waals surface area contributed by atoms with E-state index in [0.29, 0.717) is 19.4 Å². The van der Waals surface area contributed by atoms with Gasteiger partial charge in [-0.3, -0.25) is 9.59 Å². The van der Waals surface area contributed by atoms with Gasteiger partial charge in [0.1, 0.15) is 24.3 Å². The van der Waals surface area contributed by atoms with Crippen LogP contribution in [0.3, 0.4) is 0 Å². The first kappa shape index (κ1) is 26.4. The number of nitrogens with zero attached hydrogens (tertiary/aromatic N) is 1. The van der Waals surface area contributed by atoms with E-state index in [-0.39, 0.29) is 24.7 Å². The highest BCUT2D eigenvalue weighted by Gasteiger charge is 2.43. The van der Waals surface area contributed by atoms with Gasteiger partial charge in [-0.15, -0.1) is 0 Å². The van der Waals surface area contributed by atoms with Gasteiger partial charge in [-0.25, -0.2) is 9.59 Å². The summed E-state index contributed by atoms with van der Waals surface area (Å²) in [6.45, 7) is 10.8. The number of alkyl carbamates (subject to hydrolysis) is 1. The monoisotopic (exact) mass is 460 g/mol. The Morgan fingerprint density at radius 3 is 2.27 bits per heavy atom. The van der Waals surface area contributed by atoms with Crippen LogP contribution in [0, 0.1) is 5.41 Å². The third-order valence-corrected chi connectivity index (χ3v) is 5.20. The largest absolute Gasteiger partial charge is 0.456 e. The summed E-state index contributed by atoms with van der Waals surface area (Å²) < 4.78 is 10.6. The van der Waals surface area contributed by atoms with Gasteiger partial charge in [-0.05, 0) is 44.6 Å². The quantitative estimate of drug-likeness (QED) is 0.627. The number of rotatable bonds is 7. The number of benzene rings is 1. The van der Waals surface area contributed by atoms with E-state index in [1.54, 1.807) is 20.8 Å². The van der Waals surface area contributed by atoms with Gasteiger partial charge in [-0.2, -0.15) is 0 Å². The summed E-state index contributed by atoms with van der Waals surface area (Å²) in [6.07, 6.45) is 0.557. The lowest BCUT2D eigenvalue weighted by Crippen LogP contribution is -2.57. The molecule has 0 bridgehead atoms. The molecule has 2 amide bonds. The summed E-state index contributed by atoms with van der Waals surface area (Å²) in [7, 11) is 0. The number of hydrogen-bond acceptors (Lipinski definition) is 6. The van der Waals surface area contributed by atoms with Crippen LogP contribution < -0.4 is 5.32 Å². The van der Waals surface area contributed by atoms with Crippen molar-refractivity contribution in [3.63, 3.8) is 0 Å². The number of hydrogen-bond donors (Lipinski definition) is 1. The third kappa shape index (κ3) is 8.18. The Morgan fingerprint density at radius 1 is 1.06 bits per heavy atom. The Hall–Kier alpha value is -2.90. The number of amides is 2. The number of carbonyl (C=O) groups excluding carboxylic acids is 4. The fourth-order valence-electron chi connectivity index (χ4n) is 3.64. The van der Waals surface area contributed by atoms with E-state index >= 15 is 0 Å². The molecule has 1 aromatic rings. The van der Waals surface area contributed by atoms with E-state index in [4.69, 9.17) is 9.47 Å². The smallest absolute Gasteiger partial charge is 0.408 e. The zero-order valence-electron chi connectivity index (χ0n) is 20.5. The van der Waals surface area contributed by atoms with E-state index < -0.39 is 35.2 Å². The van der Waals surface area contributed by atoms with Gasteiger partial charge in [-0.1, -0.05) is 51.1 Å². The highest BCUT2D eigenvalue weighted by atomic mass is 16.6. The first-order valence-electron chi connectivity index (χ1n) is 11.3. The standard InChI is InChI=1S/C25H36N2O6/c1-24(2,3)20(26-23(31)33-25(4,5)6)21(29)27-14-10-13-19(27)22(30)32-16-18(28)15-17-11-8-7-9-12-17/h7-9,11-12,19-20H,10,13-16H2,1-6H3,(H,26,31). The van der Waals surface area contributed by atoms with Crippen molar-refractivity contribution in [3.05, 3.63) is 35.9 Å². The molecule has 1 N–H and O–H groups in total. The molecule has 182 valence electrons. The summed E-state index contributed by atoms with van der Waals surface area (Å²) in [5, 5.41) is 2.67. The van der Waals surface area contributed by atoms with Gasteiger partial charge < -0.3 is 19.7 Å². The lowest BCUT2D eigenvalue weighted by molar-refractivity contribution is -0.156. The maximum atomic E-state index is 13.4. The topological polar surface area (TPSA) is 102 Å². The van der Waals surface area contributed by atoms with Crippen LogP contribution in [-0.2, 0) is 30.3 Å².